The van der Waals surface area contributed by atoms with Crippen molar-refractivity contribution in [1.29, 1.82) is 0 Å². The van der Waals surface area contributed by atoms with E-state index in [0.717, 1.165) is 19.4 Å². The lowest BCUT2D eigenvalue weighted by Crippen LogP contribution is -2.33. The molecule has 1 saturated heterocycles. The van der Waals surface area contributed by atoms with Crippen molar-refractivity contribution in [3.63, 3.8) is 0 Å². The minimum atomic E-state index is -0.267. The van der Waals surface area contributed by atoms with E-state index in [9.17, 15) is 4.79 Å². The van der Waals surface area contributed by atoms with E-state index < -0.39 is 0 Å². The van der Waals surface area contributed by atoms with Gasteiger partial charge in [0.2, 0.25) is 11.1 Å². The van der Waals surface area contributed by atoms with Crippen molar-refractivity contribution in [3.05, 3.63) is 0 Å². The van der Waals surface area contributed by atoms with E-state index in [2.05, 4.69) is 20.8 Å². The van der Waals surface area contributed by atoms with Gasteiger partial charge in [-0.1, -0.05) is 11.8 Å². The summed E-state index contributed by atoms with van der Waals surface area (Å²) in [4.78, 5) is 11.9. The average Bonchev–Trinajstić information content (AvgIpc) is 3.12. The van der Waals surface area contributed by atoms with E-state index in [1.54, 1.807) is 11.8 Å². The molecular formula is C12H21N5O3S. The molecule has 1 aliphatic heterocycles. The Balaban J connectivity index is 1.84. The summed E-state index contributed by atoms with van der Waals surface area (Å²) in [5, 5.41) is 14.8. The van der Waals surface area contributed by atoms with Crippen molar-refractivity contribution in [2.24, 2.45) is 0 Å². The number of rotatable bonds is 8. The molecule has 0 spiro atoms. The van der Waals surface area contributed by atoms with Crippen LogP contribution in [-0.2, 0) is 20.8 Å². The first-order valence-electron chi connectivity index (χ1n) is 7.01. The SMILES string of the molecule is COCCNC(=O)[C@@H](C)Sc1nnnn1C[C@@H]1CCCO1. The van der Waals surface area contributed by atoms with Crippen molar-refractivity contribution in [1.82, 2.24) is 25.5 Å². The maximum absolute atomic E-state index is 11.9. The van der Waals surface area contributed by atoms with Gasteiger partial charge in [-0.05, 0) is 30.2 Å². The van der Waals surface area contributed by atoms with E-state index in [1.807, 2.05) is 6.92 Å². The highest BCUT2D eigenvalue weighted by molar-refractivity contribution is 8.00. The number of nitrogens with one attached hydrogen (secondary N) is 1. The molecule has 1 aromatic rings. The molecule has 2 heterocycles. The summed E-state index contributed by atoms with van der Waals surface area (Å²) in [6, 6.07) is 0. The number of amides is 1. The predicted octanol–water partition coefficient (Wildman–Crippen LogP) is 0.0953. The smallest absolute Gasteiger partial charge is 0.233 e. The Morgan fingerprint density at radius 2 is 2.52 bits per heavy atom. The summed E-state index contributed by atoms with van der Waals surface area (Å²) in [5.41, 5.74) is 0. The first-order chi connectivity index (χ1) is 10.2. The summed E-state index contributed by atoms with van der Waals surface area (Å²) in [6.07, 6.45) is 2.27. The van der Waals surface area contributed by atoms with Crippen LogP contribution in [0.15, 0.2) is 5.16 Å². The van der Waals surface area contributed by atoms with Gasteiger partial charge in [0, 0.05) is 20.3 Å². The van der Waals surface area contributed by atoms with E-state index in [4.69, 9.17) is 9.47 Å². The third-order valence-corrected chi connectivity index (χ3v) is 4.23. The van der Waals surface area contributed by atoms with Gasteiger partial charge in [-0.2, -0.15) is 0 Å². The van der Waals surface area contributed by atoms with Crippen molar-refractivity contribution in [3.8, 4) is 0 Å². The van der Waals surface area contributed by atoms with Crippen molar-refractivity contribution < 1.29 is 14.3 Å². The standard InChI is InChI=1S/C12H21N5O3S/c1-9(11(18)13-5-7-19-2)21-12-14-15-16-17(12)8-10-4-3-6-20-10/h9-10H,3-8H2,1-2H3,(H,13,18)/t9-,10+/m1/s1. The monoisotopic (exact) mass is 315 g/mol. The number of carbonyl (C=O) groups is 1. The van der Waals surface area contributed by atoms with Crippen molar-refractivity contribution in [2.75, 3.05) is 26.9 Å². The van der Waals surface area contributed by atoms with E-state index in [-0.39, 0.29) is 17.3 Å². The number of ether oxygens (including phenoxy) is 2. The van der Waals surface area contributed by atoms with Crippen LogP contribution in [0.2, 0.25) is 0 Å². The number of carbonyl (C=O) groups excluding carboxylic acids is 1. The van der Waals surface area contributed by atoms with E-state index in [0.29, 0.717) is 24.9 Å². The molecule has 21 heavy (non-hydrogen) atoms. The zero-order valence-corrected chi connectivity index (χ0v) is 13.1. The maximum atomic E-state index is 11.9. The summed E-state index contributed by atoms with van der Waals surface area (Å²) in [7, 11) is 1.60. The van der Waals surface area contributed by atoms with Crippen LogP contribution in [0, 0.1) is 0 Å². The number of nitrogens with zero attached hydrogens (tertiary/aromatic N) is 4. The van der Waals surface area contributed by atoms with E-state index >= 15 is 0 Å². The van der Waals surface area contributed by atoms with Gasteiger partial charge in [0.15, 0.2) is 0 Å². The van der Waals surface area contributed by atoms with Crippen molar-refractivity contribution in [2.45, 2.75) is 42.8 Å². The summed E-state index contributed by atoms with van der Waals surface area (Å²) in [6.45, 7) is 4.26. The Bertz CT molecular complexity index is 450. The molecule has 0 bridgehead atoms. The normalized spacial score (nSPS) is 19.6. The molecule has 0 aliphatic carbocycles. The Labute approximate surface area is 127 Å². The predicted molar refractivity (Wildman–Crippen MR) is 77.0 cm³/mol. The van der Waals surface area contributed by atoms with Gasteiger partial charge in [0.05, 0.1) is 24.5 Å². The molecule has 9 heteroatoms. The minimum Gasteiger partial charge on any atom is -0.383 e. The summed E-state index contributed by atoms with van der Waals surface area (Å²) in [5.74, 6) is -0.0521. The number of hydrogen-bond donors (Lipinski definition) is 1. The van der Waals surface area contributed by atoms with Crippen LogP contribution in [0.25, 0.3) is 0 Å². The lowest BCUT2D eigenvalue weighted by atomic mass is 10.2. The fourth-order valence-electron chi connectivity index (χ4n) is 2.01. The van der Waals surface area contributed by atoms with Crippen molar-refractivity contribution >= 4 is 17.7 Å². The first-order valence-corrected chi connectivity index (χ1v) is 7.89. The fourth-order valence-corrected chi connectivity index (χ4v) is 2.83. The van der Waals surface area contributed by atoms with Crippen LogP contribution >= 0.6 is 11.8 Å². The van der Waals surface area contributed by atoms with Crippen LogP contribution in [-0.4, -0.2) is 64.3 Å². The summed E-state index contributed by atoms with van der Waals surface area (Å²) >= 11 is 1.34. The Kier molecular flexibility index (Phi) is 6.40. The van der Waals surface area contributed by atoms with Gasteiger partial charge < -0.3 is 14.8 Å². The second-order valence-corrected chi connectivity index (χ2v) is 6.13. The number of hydrogen-bond acceptors (Lipinski definition) is 7. The maximum Gasteiger partial charge on any atom is 0.233 e. The minimum absolute atomic E-state index is 0.0521. The van der Waals surface area contributed by atoms with Gasteiger partial charge in [-0.3, -0.25) is 4.79 Å². The molecule has 0 saturated carbocycles. The van der Waals surface area contributed by atoms with Gasteiger partial charge in [-0.25, -0.2) is 4.68 Å². The summed E-state index contributed by atoms with van der Waals surface area (Å²) < 4.78 is 12.2. The van der Waals surface area contributed by atoms with Crippen LogP contribution in [0.3, 0.4) is 0 Å². The number of tetrazole rings is 1. The van der Waals surface area contributed by atoms with Gasteiger partial charge in [0.1, 0.15) is 0 Å². The molecule has 2 rings (SSSR count). The topological polar surface area (TPSA) is 91.2 Å². The number of methoxy groups -OCH3 is 1. The largest absolute Gasteiger partial charge is 0.383 e. The molecule has 1 aromatic heterocycles. The second kappa shape index (κ2) is 8.30. The highest BCUT2D eigenvalue weighted by Crippen LogP contribution is 2.22. The first kappa shape index (κ1) is 16.2. The molecular weight excluding hydrogens is 294 g/mol. The lowest BCUT2D eigenvalue weighted by Gasteiger charge is -2.13. The van der Waals surface area contributed by atoms with Gasteiger partial charge >= 0.3 is 0 Å². The van der Waals surface area contributed by atoms with Crippen LogP contribution < -0.4 is 5.32 Å². The molecule has 0 unspecified atom stereocenters. The number of thioether (sulfide) groups is 1. The Morgan fingerprint density at radius 3 is 3.24 bits per heavy atom. The number of aromatic nitrogens is 4. The Morgan fingerprint density at radius 1 is 1.67 bits per heavy atom. The van der Waals surface area contributed by atoms with E-state index in [1.165, 1.54) is 11.8 Å². The molecule has 2 atom stereocenters. The molecule has 1 aliphatic rings. The fraction of sp³-hybridized carbons (Fsp3) is 0.833. The van der Waals surface area contributed by atoms with Gasteiger partial charge in [0.25, 0.3) is 0 Å². The average molecular weight is 315 g/mol. The van der Waals surface area contributed by atoms with Gasteiger partial charge in [-0.15, -0.1) is 5.10 Å². The zero-order valence-electron chi connectivity index (χ0n) is 12.3. The zero-order chi connectivity index (χ0) is 15.1. The molecule has 118 valence electrons. The molecule has 0 aromatic carbocycles. The molecule has 1 fully saturated rings. The van der Waals surface area contributed by atoms with Crippen LogP contribution in [0.4, 0.5) is 0 Å². The lowest BCUT2D eigenvalue weighted by molar-refractivity contribution is -0.120. The highest BCUT2D eigenvalue weighted by Gasteiger charge is 2.22. The molecule has 1 N–H and O–H groups in total. The highest BCUT2D eigenvalue weighted by atomic mass is 32.2. The quantitative estimate of drug-likeness (QED) is 0.537. The Hall–Kier alpha value is -1.19. The molecule has 0 radical (unpaired) electrons. The third-order valence-electron chi connectivity index (χ3n) is 3.16. The second-order valence-electron chi connectivity index (χ2n) is 4.82. The third kappa shape index (κ3) is 4.94. The van der Waals surface area contributed by atoms with Crippen LogP contribution in [0.5, 0.6) is 0 Å². The van der Waals surface area contributed by atoms with Crippen LogP contribution in [0.1, 0.15) is 19.8 Å². The molecule has 8 nitrogen and oxygen atoms in total. The molecule has 1 amide bonds.